The average molecular weight is 292 g/mol. The van der Waals surface area contributed by atoms with Gasteiger partial charge in [-0.3, -0.25) is 4.79 Å². The Bertz CT molecular complexity index is 331. The molecule has 2 aliphatic rings. The summed E-state index contributed by atoms with van der Waals surface area (Å²) in [7, 11) is 1.50. The number of allylic oxidation sites excluding steroid dienone is 2. The van der Waals surface area contributed by atoms with Gasteiger partial charge in [-0.2, -0.15) is 0 Å². The van der Waals surface area contributed by atoms with E-state index in [2.05, 4.69) is 19.1 Å². The van der Waals surface area contributed by atoms with Gasteiger partial charge < -0.3 is 4.74 Å². The molecule has 0 heterocycles. The summed E-state index contributed by atoms with van der Waals surface area (Å²) >= 11 is 0. The first-order valence-electron chi connectivity index (χ1n) is 8.99. The van der Waals surface area contributed by atoms with E-state index < -0.39 is 0 Å². The molecule has 120 valence electrons. The summed E-state index contributed by atoms with van der Waals surface area (Å²) in [5.74, 6) is 2.65. The molecule has 2 aliphatic carbocycles. The van der Waals surface area contributed by atoms with Crippen molar-refractivity contribution in [1.82, 2.24) is 0 Å². The quantitative estimate of drug-likeness (QED) is 0.519. The first-order valence-corrected chi connectivity index (χ1v) is 8.99. The third kappa shape index (κ3) is 5.16. The maximum absolute atomic E-state index is 11.5. The Morgan fingerprint density at radius 3 is 1.95 bits per heavy atom. The summed E-state index contributed by atoms with van der Waals surface area (Å²) in [5, 5.41) is 0. The van der Waals surface area contributed by atoms with Crippen molar-refractivity contribution in [2.75, 3.05) is 7.11 Å². The van der Waals surface area contributed by atoms with Crippen LogP contribution >= 0.6 is 0 Å². The van der Waals surface area contributed by atoms with E-state index in [0.29, 0.717) is 5.92 Å². The zero-order chi connectivity index (χ0) is 15.1. The molecule has 0 unspecified atom stereocenters. The van der Waals surface area contributed by atoms with Crippen LogP contribution in [0.4, 0.5) is 0 Å². The Morgan fingerprint density at radius 2 is 1.48 bits per heavy atom. The summed E-state index contributed by atoms with van der Waals surface area (Å²) in [6.07, 6.45) is 17.7. The Balaban J connectivity index is 1.68. The van der Waals surface area contributed by atoms with E-state index >= 15 is 0 Å². The van der Waals surface area contributed by atoms with E-state index in [4.69, 9.17) is 4.74 Å². The second kappa shape index (κ2) is 8.60. The summed E-state index contributed by atoms with van der Waals surface area (Å²) in [6.45, 7) is 2.30. The van der Waals surface area contributed by atoms with Gasteiger partial charge in [-0.1, -0.05) is 31.9 Å². The molecule has 2 rings (SSSR count). The molecule has 0 N–H and O–H groups in total. The number of hydrogen-bond acceptors (Lipinski definition) is 2. The molecule has 0 aromatic heterocycles. The van der Waals surface area contributed by atoms with Crippen molar-refractivity contribution in [2.24, 2.45) is 23.7 Å². The lowest BCUT2D eigenvalue weighted by Gasteiger charge is -2.28. The predicted octanol–water partition coefficient (Wildman–Crippen LogP) is 5.13. The van der Waals surface area contributed by atoms with Gasteiger partial charge in [0.25, 0.3) is 0 Å². The Hall–Kier alpha value is -0.790. The molecule has 0 aliphatic heterocycles. The number of rotatable bonds is 5. The average Bonchev–Trinajstić information content (AvgIpc) is 2.54. The number of hydrogen-bond donors (Lipinski definition) is 0. The summed E-state index contributed by atoms with van der Waals surface area (Å²) in [5.41, 5.74) is 0. The molecule has 0 radical (unpaired) electrons. The zero-order valence-corrected chi connectivity index (χ0v) is 13.9. The van der Waals surface area contributed by atoms with Crippen molar-refractivity contribution >= 4 is 5.97 Å². The monoisotopic (exact) mass is 292 g/mol. The molecule has 0 amide bonds. The number of esters is 1. The van der Waals surface area contributed by atoms with E-state index in [9.17, 15) is 4.79 Å². The number of methoxy groups -OCH3 is 1. The van der Waals surface area contributed by atoms with Gasteiger partial charge in [-0.15, -0.1) is 0 Å². The number of carbonyl (C=O) groups is 1. The topological polar surface area (TPSA) is 26.3 Å². The van der Waals surface area contributed by atoms with E-state index in [1.54, 1.807) is 0 Å². The third-order valence-corrected chi connectivity index (χ3v) is 5.55. The van der Waals surface area contributed by atoms with Crippen molar-refractivity contribution in [3.63, 3.8) is 0 Å². The van der Waals surface area contributed by atoms with Crippen molar-refractivity contribution in [1.29, 1.82) is 0 Å². The Morgan fingerprint density at radius 1 is 0.952 bits per heavy atom. The van der Waals surface area contributed by atoms with Crippen LogP contribution in [-0.2, 0) is 9.53 Å². The third-order valence-electron chi connectivity index (χ3n) is 5.55. The fraction of sp³-hybridized carbons (Fsp3) is 0.842. The minimum absolute atomic E-state index is 0.00771. The summed E-state index contributed by atoms with van der Waals surface area (Å²) in [6, 6.07) is 0. The molecule has 0 spiro atoms. The fourth-order valence-corrected chi connectivity index (χ4v) is 4.11. The molecule has 2 fully saturated rings. The van der Waals surface area contributed by atoms with E-state index in [0.717, 1.165) is 37.5 Å². The molecular formula is C19H32O2. The van der Waals surface area contributed by atoms with Crippen LogP contribution in [0.5, 0.6) is 0 Å². The highest BCUT2D eigenvalue weighted by molar-refractivity contribution is 5.72. The SMILES string of the molecule is CCC[C@H]1CC[C@H](/C=C/[C@H]2CC[C@H](C(=O)OC)CC2)CC1. The molecule has 2 heteroatoms. The van der Waals surface area contributed by atoms with Crippen LogP contribution in [0, 0.1) is 23.7 Å². The van der Waals surface area contributed by atoms with Gasteiger partial charge in [-0.05, 0) is 69.1 Å². The lowest BCUT2D eigenvalue weighted by molar-refractivity contribution is -0.146. The second-order valence-corrected chi connectivity index (χ2v) is 7.09. The fourth-order valence-electron chi connectivity index (χ4n) is 4.11. The standard InChI is InChI=1S/C19H32O2/c1-3-4-15-5-7-16(8-6-15)9-10-17-11-13-18(14-12-17)19(20)21-2/h9-10,15-18H,3-8,11-14H2,1-2H3/b10-9+/t15-,16-,17-,18-. The molecule has 2 saturated carbocycles. The van der Waals surface area contributed by atoms with Gasteiger partial charge in [0.1, 0.15) is 0 Å². The van der Waals surface area contributed by atoms with Crippen LogP contribution in [0.25, 0.3) is 0 Å². The number of ether oxygens (including phenoxy) is 1. The minimum Gasteiger partial charge on any atom is -0.469 e. The first-order chi connectivity index (χ1) is 10.2. The Kier molecular flexibility index (Phi) is 6.79. The van der Waals surface area contributed by atoms with Crippen LogP contribution in [0.15, 0.2) is 12.2 Å². The van der Waals surface area contributed by atoms with Crippen LogP contribution in [-0.4, -0.2) is 13.1 Å². The van der Waals surface area contributed by atoms with Gasteiger partial charge in [0.2, 0.25) is 0 Å². The molecular weight excluding hydrogens is 260 g/mol. The maximum Gasteiger partial charge on any atom is 0.308 e. The normalized spacial score (nSPS) is 34.0. The molecule has 0 aromatic carbocycles. The lowest BCUT2D eigenvalue weighted by Crippen LogP contribution is -2.22. The predicted molar refractivity (Wildman–Crippen MR) is 87.0 cm³/mol. The van der Waals surface area contributed by atoms with Gasteiger partial charge in [-0.25, -0.2) is 0 Å². The van der Waals surface area contributed by atoms with Crippen molar-refractivity contribution in [2.45, 2.75) is 71.1 Å². The highest BCUT2D eigenvalue weighted by atomic mass is 16.5. The van der Waals surface area contributed by atoms with Crippen molar-refractivity contribution in [3.8, 4) is 0 Å². The smallest absolute Gasteiger partial charge is 0.308 e. The van der Waals surface area contributed by atoms with Crippen LogP contribution < -0.4 is 0 Å². The lowest BCUT2D eigenvalue weighted by atomic mass is 9.78. The second-order valence-electron chi connectivity index (χ2n) is 7.09. The number of carbonyl (C=O) groups excluding carboxylic acids is 1. The highest BCUT2D eigenvalue weighted by Crippen LogP contribution is 2.34. The molecule has 2 nitrogen and oxygen atoms in total. The zero-order valence-electron chi connectivity index (χ0n) is 13.9. The molecule has 21 heavy (non-hydrogen) atoms. The molecule has 0 aromatic rings. The Labute approximate surface area is 130 Å². The van der Waals surface area contributed by atoms with Gasteiger partial charge in [0, 0.05) is 0 Å². The minimum atomic E-state index is -0.00771. The summed E-state index contributed by atoms with van der Waals surface area (Å²) < 4.78 is 4.85. The highest BCUT2D eigenvalue weighted by Gasteiger charge is 2.26. The van der Waals surface area contributed by atoms with Gasteiger partial charge in [0.05, 0.1) is 13.0 Å². The first kappa shape index (κ1) is 16.6. The summed E-state index contributed by atoms with van der Waals surface area (Å²) in [4.78, 5) is 11.5. The van der Waals surface area contributed by atoms with E-state index in [1.165, 1.54) is 45.6 Å². The van der Waals surface area contributed by atoms with Gasteiger partial charge in [0.15, 0.2) is 0 Å². The molecule has 0 saturated heterocycles. The van der Waals surface area contributed by atoms with Crippen LogP contribution in [0.1, 0.15) is 71.1 Å². The molecule has 0 atom stereocenters. The van der Waals surface area contributed by atoms with Gasteiger partial charge >= 0.3 is 5.97 Å². The van der Waals surface area contributed by atoms with E-state index in [1.807, 2.05) is 0 Å². The van der Waals surface area contributed by atoms with Crippen LogP contribution in [0.2, 0.25) is 0 Å². The maximum atomic E-state index is 11.5. The largest absolute Gasteiger partial charge is 0.469 e. The van der Waals surface area contributed by atoms with Crippen molar-refractivity contribution in [3.05, 3.63) is 12.2 Å². The van der Waals surface area contributed by atoms with Crippen LogP contribution in [0.3, 0.4) is 0 Å². The van der Waals surface area contributed by atoms with E-state index in [-0.39, 0.29) is 11.9 Å². The van der Waals surface area contributed by atoms with Crippen molar-refractivity contribution < 1.29 is 9.53 Å². The molecule has 0 bridgehead atoms.